The summed E-state index contributed by atoms with van der Waals surface area (Å²) < 4.78 is 0. The van der Waals surface area contributed by atoms with E-state index in [1.165, 1.54) is 0 Å². The topological polar surface area (TPSA) is 71.2 Å². The molecule has 0 bridgehead atoms. The van der Waals surface area contributed by atoms with Crippen molar-refractivity contribution in [1.29, 1.82) is 0 Å². The van der Waals surface area contributed by atoms with Gasteiger partial charge in [0.15, 0.2) is 0 Å². The van der Waals surface area contributed by atoms with Crippen molar-refractivity contribution < 1.29 is 4.79 Å². The second-order valence-electron chi connectivity index (χ2n) is 4.27. The van der Waals surface area contributed by atoms with Crippen LogP contribution in [0.3, 0.4) is 0 Å². The number of nitrogens with two attached hydrogens (primary N) is 1. The summed E-state index contributed by atoms with van der Waals surface area (Å²) in [5.41, 5.74) is 6.43. The van der Waals surface area contributed by atoms with Gasteiger partial charge in [-0.15, -0.1) is 0 Å². The van der Waals surface area contributed by atoms with Gasteiger partial charge < -0.3 is 16.0 Å². The smallest absolute Gasteiger partial charge is 0.242 e. The minimum atomic E-state index is -0.122. The molecular formula is C12H18N4O. The Hall–Kier alpha value is -1.78. The van der Waals surface area contributed by atoms with Gasteiger partial charge >= 0.3 is 0 Å². The number of carbonyl (C=O) groups is 1. The van der Waals surface area contributed by atoms with Gasteiger partial charge in [-0.3, -0.25) is 4.79 Å². The van der Waals surface area contributed by atoms with Gasteiger partial charge in [0.2, 0.25) is 5.91 Å². The molecule has 5 heteroatoms. The number of hydrogen-bond acceptors (Lipinski definition) is 4. The van der Waals surface area contributed by atoms with Gasteiger partial charge in [0.25, 0.3) is 0 Å². The molecule has 1 aromatic heterocycles. The summed E-state index contributed by atoms with van der Waals surface area (Å²) in [4.78, 5) is 18.2. The van der Waals surface area contributed by atoms with Gasteiger partial charge in [-0.25, -0.2) is 4.98 Å². The number of aromatic nitrogens is 1. The highest BCUT2D eigenvalue weighted by Gasteiger charge is 2.28. The Morgan fingerprint density at radius 3 is 3.12 bits per heavy atom. The Bertz CT molecular complexity index is 407. The molecule has 1 amide bonds. The number of nitrogens with one attached hydrogen (secondary N) is 1. The van der Waals surface area contributed by atoms with Crippen LogP contribution in [0.5, 0.6) is 0 Å². The molecule has 1 atom stereocenters. The molecule has 92 valence electrons. The van der Waals surface area contributed by atoms with E-state index >= 15 is 0 Å². The first kappa shape index (κ1) is 11.7. The van der Waals surface area contributed by atoms with E-state index in [1.807, 2.05) is 11.0 Å². The molecule has 0 radical (unpaired) electrons. The van der Waals surface area contributed by atoms with Gasteiger partial charge in [0, 0.05) is 31.5 Å². The van der Waals surface area contributed by atoms with E-state index in [9.17, 15) is 4.79 Å². The lowest BCUT2D eigenvalue weighted by atomic mass is 10.0. The van der Waals surface area contributed by atoms with Crippen LogP contribution >= 0.6 is 0 Å². The highest BCUT2D eigenvalue weighted by atomic mass is 16.2. The first-order valence-corrected chi connectivity index (χ1v) is 5.92. The van der Waals surface area contributed by atoms with Crippen molar-refractivity contribution in [3.05, 3.63) is 18.3 Å². The monoisotopic (exact) mass is 234 g/mol. The summed E-state index contributed by atoms with van der Waals surface area (Å²) in [5.74, 6) is 0.840. The van der Waals surface area contributed by atoms with Crippen molar-refractivity contribution in [3.63, 3.8) is 0 Å². The van der Waals surface area contributed by atoms with Crippen molar-refractivity contribution in [2.45, 2.75) is 25.3 Å². The molecule has 0 aliphatic carbocycles. The van der Waals surface area contributed by atoms with E-state index in [0.29, 0.717) is 5.69 Å². The Balaban J connectivity index is 2.24. The highest BCUT2D eigenvalue weighted by molar-refractivity contribution is 5.85. The second kappa shape index (κ2) is 5.03. The third-order valence-corrected chi connectivity index (χ3v) is 3.12. The summed E-state index contributed by atoms with van der Waals surface area (Å²) in [5, 5.41) is 2.71. The molecule has 0 saturated carbocycles. The van der Waals surface area contributed by atoms with E-state index < -0.39 is 0 Å². The van der Waals surface area contributed by atoms with Crippen LogP contribution in [0.1, 0.15) is 19.3 Å². The van der Waals surface area contributed by atoms with Crippen LogP contribution in [-0.4, -0.2) is 30.5 Å². The van der Waals surface area contributed by atoms with Gasteiger partial charge in [-0.2, -0.15) is 0 Å². The molecule has 0 spiro atoms. The molecule has 5 nitrogen and oxygen atoms in total. The number of rotatable bonds is 2. The standard InChI is InChI=1S/C12H18N4O/c1-14-12(17)10-4-2-3-7-16(10)11-8-9(13)5-6-15-11/h5-6,8,10H,2-4,7H2,1H3,(H2,13,15)(H,14,17). The summed E-state index contributed by atoms with van der Waals surface area (Å²) in [6, 6.07) is 3.45. The van der Waals surface area contributed by atoms with Crippen molar-refractivity contribution in [2.24, 2.45) is 0 Å². The fourth-order valence-electron chi connectivity index (χ4n) is 2.24. The lowest BCUT2D eigenvalue weighted by molar-refractivity contribution is -0.122. The number of carbonyl (C=O) groups excluding carboxylic acids is 1. The van der Waals surface area contributed by atoms with Gasteiger partial charge in [-0.1, -0.05) is 0 Å². The molecule has 1 fully saturated rings. The van der Waals surface area contributed by atoms with E-state index in [0.717, 1.165) is 31.6 Å². The number of nitrogen functional groups attached to an aromatic ring is 1. The number of pyridine rings is 1. The van der Waals surface area contributed by atoms with Crippen LogP contribution in [0.2, 0.25) is 0 Å². The van der Waals surface area contributed by atoms with E-state index in [-0.39, 0.29) is 11.9 Å². The SMILES string of the molecule is CNC(=O)C1CCCCN1c1cc(N)ccn1. The van der Waals surface area contributed by atoms with E-state index in [2.05, 4.69) is 10.3 Å². The molecule has 2 heterocycles. The Morgan fingerprint density at radius 2 is 2.41 bits per heavy atom. The predicted molar refractivity (Wildman–Crippen MR) is 67.7 cm³/mol. The third kappa shape index (κ3) is 2.49. The highest BCUT2D eigenvalue weighted by Crippen LogP contribution is 2.24. The molecule has 1 saturated heterocycles. The fraction of sp³-hybridized carbons (Fsp3) is 0.500. The number of amides is 1. The number of anilines is 2. The summed E-state index contributed by atoms with van der Waals surface area (Å²) in [7, 11) is 1.67. The van der Waals surface area contributed by atoms with Gasteiger partial charge in [0.05, 0.1) is 0 Å². The molecule has 1 unspecified atom stereocenters. The maximum Gasteiger partial charge on any atom is 0.242 e. The number of hydrogen-bond donors (Lipinski definition) is 2. The lowest BCUT2D eigenvalue weighted by Crippen LogP contribution is -2.49. The maximum atomic E-state index is 11.8. The quantitative estimate of drug-likeness (QED) is 0.793. The molecule has 1 aliphatic heterocycles. The van der Waals surface area contributed by atoms with Gasteiger partial charge in [0.1, 0.15) is 11.9 Å². The average molecular weight is 234 g/mol. The Kier molecular flexibility index (Phi) is 3.46. The van der Waals surface area contributed by atoms with Crippen LogP contribution in [0.15, 0.2) is 18.3 Å². The Morgan fingerprint density at radius 1 is 1.59 bits per heavy atom. The van der Waals surface area contributed by atoms with Crippen molar-refractivity contribution in [3.8, 4) is 0 Å². The van der Waals surface area contributed by atoms with Crippen LogP contribution < -0.4 is 16.0 Å². The summed E-state index contributed by atoms with van der Waals surface area (Å²) in [6.45, 7) is 0.856. The molecule has 1 aromatic rings. The maximum absolute atomic E-state index is 11.8. The fourth-order valence-corrected chi connectivity index (χ4v) is 2.24. The normalized spacial score (nSPS) is 20.1. The molecule has 3 N–H and O–H groups in total. The van der Waals surface area contributed by atoms with Crippen molar-refractivity contribution in [2.75, 3.05) is 24.2 Å². The third-order valence-electron chi connectivity index (χ3n) is 3.12. The summed E-state index contributed by atoms with van der Waals surface area (Å²) >= 11 is 0. The number of piperidine rings is 1. The zero-order chi connectivity index (χ0) is 12.3. The molecule has 0 aromatic carbocycles. The number of likely N-dealkylation sites (N-methyl/N-ethyl adjacent to an activating group) is 1. The molecule has 2 rings (SSSR count). The average Bonchev–Trinajstić information content (AvgIpc) is 2.38. The first-order chi connectivity index (χ1) is 8.22. The van der Waals surface area contributed by atoms with E-state index in [1.54, 1.807) is 19.3 Å². The minimum Gasteiger partial charge on any atom is -0.399 e. The van der Waals surface area contributed by atoms with Crippen LogP contribution in [0.25, 0.3) is 0 Å². The van der Waals surface area contributed by atoms with Crippen LogP contribution in [0, 0.1) is 0 Å². The Labute approximate surface area is 101 Å². The van der Waals surface area contributed by atoms with Crippen LogP contribution in [-0.2, 0) is 4.79 Å². The predicted octanol–water partition coefficient (Wildman–Crippen LogP) is 0.769. The lowest BCUT2D eigenvalue weighted by Gasteiger charge is -2.35. The zero-order valence-electron chi connectivity index (χ0n) is 10.0. The molecule has 17 heavy (non-hydrogen) atoms. The molecule has 1 aliphatic rings. The second-order valence-corrected chi connectivity index (χ2v) is 4.27. The minimum absolute atomic E-state index is 0.0499. The van der Waals surface area contributed by atoms with Gasteiger partial charge in [-0.05, 0) is 25.3 Å². The number of nitrogens with zero attached hydrogens (tertiary/aromatic N) is 2. The van der Waals surface area contributed by atoms with Crippen molar-refractivity contribution >= 4 is 17.4 Å². The van der Waals surface area contributed by atoms with Crippen LogP contribution in [0.4, 0.5) is 11.5 Å². The summed E-state index contributed by atoms with van der Waals surface area (Å²) in [6.07, 6.45) is 4.72. The first-order valence-electron chi connectivity index (χ1n) is 5.92. The molecular weight excluding hydrogens is 216 g/mol. The zero-order valence-corrected chi connectivity index (χ0v) is 10.0. The van der Waals surface area contributed by atoms with E-state index in [4.69, 9.17) is 5.73 Å². The van der Waals surface area contributed by atoms with Crippen molar-refractivity contribution in [1.82, 2.24) is 10.3 Å². The largest absolute Gasteiger partial charge is 0.399 e.